The molecule has 0 radical (unpaired) electrons. The zero-order valence-corrected chi connectivity index (χ0v) is 9.62. The third kappa shape index (κ3) is 2.59. The lowest BCUT2D eigenvalue weighted by molar-refractivity contribution is -0.129. The first-order chi connectivity index (χ1) is 7.15. The number of hydrogen-bond donors (Lipinski definition) is 1. The molecule has 0 aromatic carbocycles. The van der Waals surface area contributed by atoms with E-state index in [4.69, 9.17) is 0 Å². The van der Waals surface area contributed by atoms with E-state index in [1.165, 1.54) is 6.42 Å². The first-order valence-electron chi connectivity index (χ1n) is 5.79. The number of nitrogens with one attached hydrogen (secondary N) is 1. The highest BCUT2D eigenvalue weighted by molar-refractivity contribution is 5.88. The molecule has 2 saturated heterocycles. The van der Waals surface area contributed by atoms with Gasteiger partial charge in [0, 0.05) is 19.2 Å². The summed E-state index contributed by atoms with van der Waals surface area (Å²) in [6.45, 7) is 7.98. The smallest absolute Gasteiger partial charge is 0.246 e. The van der Waals surface area contributed by atoms with Crippen LogP contribution in [-0.2, 0) is 4.79 Å². The number of fused-ring (bicyclic) bond motifs is 2. The van der Waals surface area contributed by atoms with E-state index in [0.29, 0.717) is 11.8 Å². The Morgan fingerprint density at radius 3 is 2.40 bits per heavy atom. The molecule has 2 aliphatic rings. The molecule has 15 heavy (non-hydrogen) atoms. The van der Waals surface area contributed by atoms with Crippen LogP contribution in [0.4, 0.5) is 0 Å². The van der Waals surface area contributed by atoms with E-state index in [-0.39, 0.29) is 5.91 Å². The van der Waals surface area contributed by atoms with Gasteiger partial charge in [-0.1, -0.05) is 5.57 Å². The molecule has 0 saturated carbocycles. The molecule has 2 atom stereocenters. The van der Waals surface area contributed by atoms with Gasteiger partial charge in [-0.3, -0.25) is 4.79 Å². The monoisotopic (exact) mass is 208 g/mol. The van der Waals surface area contributed by atoms with E-state index < -0.39 is 0 Å². The topological polar surface area (TPSA) is 32.3 Å². The number of carbonyl (C=O) groups excluding carboxylic acids is 1. The van der Waals surface area contributed by atoms with Crippen LogP contribution in [0.15, 0.2) is 11.6 Å². The molecule has 2 bridgehead atoms. The lowest BCUT2D eigenvalue weighted by Gasteiger charge is -2.41. The Labute approximate surface area is 91.5 Å². The van der Waals surface area contributed by atoms with Crippen molar-refractivity contribution in [3.05, 3.63) is 11.6 Å². The summed E-state index contributed by atoms with van der Waals surface area (Å²) in [4.78, 5) is 13.9. The molecule has 0 aliphatic carbocycles. The van der Waals surface area contributed by atoms with Gasteiger partial charge in [0.1, 0.15) is 0 Å². The van der Waals surface area contributed by atoms with Gasteiger partial charge in [0.15, 0.2) is 0 Å². The molecule has 2 aliphatic heterocycles. The fourth-order valence-electron chi connectivity index (χ4n) is 2.62. The molecule has 2 unspecified atom stereocenters. The second-order valence-corrected chi connectivity index (χ2v) is 5.09. The molecule has 0 aromatic heterocycles. The van der Waals surface area contributed by atoms with Gasteiger partial charge in [-0.15, -0.1) is 0 Å². The molecule has 2 heterocycles. The van der Waals surface area contributed by atoms with Gasteiger partial charge in [0.05, 0.1) is 0 Å². The van der Waals surface area contributed by atoms with Crippen LogP contribution in [0.25, 0.3) is 0 Å². The normalized spacial score (nSPS) is 29.9. The van der Waals surface area contributed by atoms with E-state index in [0.717, 1.165) is 31.8 Å². The van der Waals surface area contributed by atoms with Gasteiger partial charge in [-0.05, 0) is 45.2 Å². The van der Waals surface area contributed by atoms with Crippen LogP contribution in [0.2, 0.25) is 0 Å². The largest absolute Gasteiger partial charge is 0.339 e. The van der Waals surface area contributed by atoms with Crippen molar-refractivity contribution in [2.24, 2.45) is 11.8 Å². The molecule has 3 heteroatoms. The van der Waals surface area contributed by atoms with Crippen LogP contribution in [-0.4, -0.2) is 37.0 Å². The number of amides is 1. The second kappa shape index (κ2) is 4.35. The van der Waals surface area contributed by atoms with Crippen LogP contribution in [0.5, 0.6) is 0 Å². The average Bonchev–Trinajstić information content (AvgIpc) is 2.16. The molecule has 3 nitrogen and oxygen atoms in total. The fraction of sp³-hybridized carbons (Fsp3) is 0.750. The van der Waals surface area contributed by atoms with E-state index >= 15 is 0 Å². The number of piperidine rings is 2. The Bertz CT molecular complexity index is 269. The molecule has 0 spiro atoms. The van der Waals surface area contributed by atoms with Crippen molar-refractivity contribution in [1.29, 1.82) is 0 Å². The minimum atomic E-state index is 0.201. The number of likely N-dealkylation sites (tertiary alicyclic amines) is 1. The maximum atomic E-state index is 11.9. The summed E-state index contributed by atoms with van der Waals surface area (Å²) >= 11 is 0. The SMILES string of the molecule is CC(C)=CC(=O)N1CC2CNCC(C2)C1. The third-order valence-corrected chi connectivity index (χ3v) is 3.21. The van der Waals surface area contributed by atoms with Crippen molar-refractivity contribution in [2.75, 3.05) is 26.2 Å². The minimum Gasteiger partial charge on any atom is -0.339 e. The maximum Gasteiger partial charge on any atom is 0.246 e. The fourth-order valence-corrected chi connectivity index (χ4v) is 2.62. The Balaban J connectivity index is 1.99. The quantitative estimate of drug-likeness (QED) is 0.653. The number of nitrogens with zero attached hydrogens (tertiary/aromatic N) is 1. The lowest BCUT2D eigenvalue weighted by atomic mass is 9.86. The number of hydrogen-bond acceptors (Lipinski definition) is 2. The molecule has 0 aromatic rings. The molecule has 1 N–H and O–H groups in total. The van der Waals surface area contributed by atoms with Gasteiger partial charge in [-0.2, -0.15) is 0 Å². The summed E-state index contributed by atoms with van der Waals surface area (Å²) in [6.07, 6.45) is 3.06. The van der Waals surface area contributed by atoms with Crippen LogP contribution >= 0.6 is 0 Å². The molecule has 2 rings (SSSR count). The van der Waals surface area contributed by atoms with Gasteiger partial charge in [0.25, 0.3) is 0 Å². The standard InChI is InChI=1S/C12H20N2O/c1-9(2)3-12(15)14-7-10-4-11(8-14)6-13-5-10/h3,10-11,13H,4-8H2,1-2H3. The van der Waals surface area contributed by atoms with Crippen LogP contribution < -0.4 is 5.32 Å². The van der Waals surface area contributed by atoms with E-state index in [2.05, 4.69) is 5.32 Å². The van der Waals surface area contributed by atoms with Crippen molar-refractivity contribution in [2.45, 2.75) is 20.3 Å². The van der Waals surface area contributed by atoms with E-state index in [1.54, 1.807) is 6.08 Å². The lowest BCUT2D eigenvalue weighted by Crippen LogP contribution is -2.52. The highest BCUT2D eigenvalue weighted by Crippen LogP contribution is 2.24. The highest BCUT2D eigenvalue weighted by Gasteiger charge is 2.31. The van der Waals surface area contributed by atoms with Gasteiger partial charge >= 0.3 is 0 Å². The van der Waals surface area contributed by atoms with Crippen LogP contribution in [0.1, 0.15) is 20.3 Å². The first-order valence-corrected chi connectivity index (χ1v) is 5.79. The van der Waals surface area contributed by atoms with Gasteiger partial charge < -0.3 is 10.2 Å². The average molecular weight is 208 g/mol. The number of allylic oxidation sites excluding steroid dienone is 1. The maximum absolute atomic E-state index is 11.9. The zero-order valence-electron chi connectivity index (χ0n) is 9.62. The third-order valence-electron chi connectivity index (χ3n) is 3.21. The van der Waals surface area contributed by atoms with Crippen molar-refractivity contribution in [1.82, 2.24) is 10.2 Å². The van der Waals surface area contributed by atoms with Crippen molar-refractivity contribution < 1.29 is 4.79 Å². The molecule has 84 valence electrons. The first kappa shape index (κ1) is 10.7. The molecule has 1 amide bonds. The Morgan fingerprint density at radius 1 is 1.27 bits per heavy atom. The minimum absolute atomic E-state index is 0.201. The molecular formula is C12H20N2O. The summed E-state index contributed by atoms with van der Waals surface area (Å²) in [5.41, 5.74) is 1.09. The summed E-state index contributed by atoms with van der Waals surface area (Å²) in [7, 11) is 0. The predicted molar refractivity (Wildman–Crippen MR) is 60.5 cm³/mol. The number of carbonyl (C=O) groups is 1. The molecule has 2 fully saturated rings. The predicted octanol–water partition coefficient (Wildman–Crippen LogP) is 1.02. The zero-order chi connectivity index (χ0) is 10.8. The second-order valence-electron chi connectivity index (χ2n) is 5.09. The summed E-state index contributed by atoms with van der Waals surface area (Å²) in [6, 6.07) is 0. The Kier molecular flexibility index (Phi) is 3.10. The van der Waals surface area contributed by atoms with Gasteiger partial charge in [0.2, 0.25) is 5.91 Å². The van der Waals surface area contributed by atoms with Crippen molar-refractivity contribution in [3.8, 4) is 0 Å². The van der Waals surface area contributed by atoms with Crippen molar-refractivity contribution in [3.63, 3.8) is 0 Å². The van der Waals surface area contributed by atoms with Crippen LogP contribution in [0, 0.1) is 11.8 Å². The molecular weight excluding hydrogens is 188 g/mol. The summed E-state index contributed by atoms with van der Waals surface area (Å²) < 4.78 is 0. The van der Waals surface area contributed by atoms with E-state index in [9.17, 15) is 4.79 Å². The Morgan fingerprint density at radius 2 is 1.87 bits per heavy atom. The summed E-state index contributed by atoms with van der Waals surface area (Å²) in [5, 5.41) is 3.43. The van der Waals surface area contributed by atoms with Crippen molar-refractivity contribution >= 4 is 5.91 Å². The number of rotatable bonds is 1. The highest BCUT2D eigenvalue weighted by atomic mass is 16.2. The Hall–Kier alpha value is -0.830. The van der Waals surface area contributed by atoms with E-state index in [1.807, 2.05) is 18.7 Å². The van der Waals surface area contributed by atoms with Gasteiger partial charge in [-0.25, -0.2) is 0 Å². The van der Waals surface area contributed by atoms with Crippen LogP contribution in [0.3, 0.4) is 0 Å². The summed E-state index contributed by atoms with van der Waals surface area (Å²) in [5.74, 6) is 1.55.